The number of nitrogens with zero attached hydrogens (tertiary/aromatic N) is 1. The molecule has 2 rings (SSSR count). The SMILES string of the molecule is O=CCc1ccc(-c2nccs2)cc1. The third kappa shape index (κ3) is 1.88. The van der Waals surface area contributed by atoms with Gasteiger partial charge in [0.25, 0.3) is 0 Å². The number of carbonyl (C=O) groups excluding carboxylic acids is 1. The summed E-state index contributed by atoms with van der Waals surface area (Å²) in [5.74, 6) is 0. The fourth-order valence-corrected chi connectivity index (χ4v) is 1.89. The molecule has 0 saturated heterocycles. The lowest BCUT2D eigenvalue weighted by Gasteiger charge is -1.97. The molecule has 2 nitrogen and oxygen atoms in total. The minimum atomic E-state index is 0.484. The Labute approximate surface area is 86.2 Å². The second-order valence-electron chi connectivity index (χ2n) is 2.90. The summed E-state index contributed by atoms with van der Waals surface area (Å²) in [5, 5.41) is 2.97. The van der Waals surface area contributed by atoms with Crippen molar-refractivity contribution in [2.45, 2.75) is 6.42 Å². The Morgan fingerprint density at radius 1 is 1.29 bits per heavy atom. The number of hydrogen-bond acceptors (Lipinski definition) is 3. The highest BCUT2D eigenvalue weighted by atomic mass is 32.1. The second-order valence-corrected chi connectivity index (χ2v) is 3.80. The Kier molecular flexibility index (Phi) is 2.70. The van der Waals surface area contributed by atoms with Gasteiger partial charge in [-0.3, -0.25) is 0 Å². The maximum absolute atomic E-state index is 10.3. The molecule has 1 aromatic heterocycles. The van der Waals surface area contributed by atoms with Crippen LogP contribution in [-0.2, 0) is 11.2 Å². The van der Waals surface area contributed by atoms with Gasteiger partial charge in [0.2, 0.25) is 0 Å². The summed E-state index contributed by atoms with van der Waals surface area (Å²) in [6, 6.07) is 7.92. The fraction of sp³-hybridized carbons (Fsp3) is 0.0909. The quantitative estimate of drug-likeness (QED) is 0.717. The lowest BCUT2D eigenvalue weighted by atomic mass is 10.1. The van der Waals surface area contributed by atoms with Gasteiger partial charge < -0.3 is 4.79 Å². The van der Waals surface area contributed by atoms with E-state index in [1.165, 1.54) is 0 Å². The standard InChI is InChI=1S/C11H9NOS/c13-7-5-9-1-3-10(4-2-9)11-12-6-8-14-11/h1-4,6-8H,5H2. The summed E-state index contributed by atoms with van der Waals surface area (Å²) in [7, 11) is 0. The normalized spacial score (nSPS) is 10.0. The van der Waals surface area contributed by atoms with E-state index in [2.05, 4.69) is 4.98 Å². The summed E-state index contributed by atoms with van der Waals surface area (Å²) in [4.78, 5) is 14.5. The van der Waals surface area contributed by atoms with Crippen LogP contribution in [0, 0.1) is 0 Å². The third-order valence-corrected chi connectivity index (χ3v) is 2.77. The molecule has 0 amide bonds. The highest BCUT2D eigenvalue weighted by molar-refractivity contribution is 7.13. The van der Waals surface area contributed by atoms with Crippen LogP contribution in [0.3, 0.4) is 0 Å². The Morgan fingerprint density at radius 3 is 2.64 bits per heavy atom. The van der Waals surface area contributed by atoms with E-state index in [1.807, 2.05) is 29.6 Å². The molecule has 0 saturated carbocycles. The van der Waals surface area contributed by atoms with Gasteiger partial charge in [-0.05, 0) is 5.56 Å². The molecule has 0 N–H and O–H groups in total. The summed E-state index contributed by atoms with van der Waals surface area (Å²) in [5.41, 5.74) is 2.15. The zero-order valence-corrected chi connectivity index (χ0v) is 8.33. The van der Waals surface area contributed by atoms with Crippen molar-refractivity contribution in [2.24, 2.45) is 0 Å². The lowest BCUT2D eigenvalue weighted by Crippen LogP contribution is -1.85. The fourth-order valence-electron chi connectivity index (χ4n) is 1.25. The van der Waals surface area contributed by atoms with Crippen LogP contribution in [0.1, 0.15) is 5.56 Å². The molecule has 3 heteroatoms. The van der Waals surface area contributed by atoms with Crippen molar-refractivity contribution in [1.82, 2.24) is 4.98 Å². The highest BCUT2D eigenvalue weighted by Gasteiger charge is 1.99. The van der Waals surface area contributed by atoms with Crippen LogP contribution in [0.2, 0.25) is 0 Å². The smallest absolute Gasteiger partial charge is 0.124 e. The van der Waals surface area contributed by atoms with Gasteiger partial charge in [-0.25, -0.2) is 4.98 Å². The van der Waals surface area contributed by atoms with E-state index in [0.29, 0.717) is 6.42 Å². The van der Waals surface area contributed by atoms with Crippen LogP contribution in [-0.4, -0.2) is 11.3 Å². The predicted molar refractivity (Wildman–Crippen MR) is 57.3 cm³/mol. The van der Waals surface area contributed by atoms with Crippen molar-refractivity contribution in [3.63, 3.8) is 0 Å². The van der Waals surface area contributed by atoms with Gasteiger partial charge in [-0.15, -0.1) is 11.3 Å². The molecule has 1 aromatic carbocycles. The Balaban J connectivity index is 2.26. The third-order valence-electron chi connectivity index (χ3n) is 1.95. The molecule has 0 bridgehead atoms. The average molecular weight is 203 g/mol. The molecular formula is C11H9NOS. The van der Waals surface area contributed by atoms with Gasteiger partial charge >= 0.3 is 0 Å². The van der Waals surface area contributed by atoms with Crippen molar-refractivity contribution in [3.05, 3.63) is 41.4 Å². The van der Waals surface area contributed by atoms with Crippen LogP contribution in [0.25, 0.3) is 10.6 Å². The van der Waals surface area contributed by atoms with Crippen LogP contribution in [0.5, 0.6) is 0 Å². The summed E-state index contributed by atoms with van der Waals surface area (Å²) in [6.07, 6.45) is 3.19. The second kappa shape index (κ2) is 4.15. The molecule has 1 heterocycles. The molecule has 14 heavy (non-hydrogen) atoms. The first-order valence-corrected chi connectivity index (χ1v) is 5.20. The number of carbonyl (C=O) groups is 1. The molecule has 0 aliphatic rings. The molecule has 0 unspecified atom stereocenters. The Morgan fingerprint density at radius 2 is 2.07 bits per heavy atom. The predicted octanol–water partition coefficient (Wildman–Crippen LogP) is 2.55. The maximum Gasteiger partial charge on any atom is 0.124 e. The van der Waals surface area contributed by atoms with E-state index in [-0.39, 0.29) is 0 Å². The van der Waals surface area contributed by atoms with Crippen molar-refractivity contribution >= 4 is 17.6 Å². The highest BCUT2D eigenvalue weighted by Crippen LogP contribution is 2.21. The van der Waals surface area contributed by atoms with Crippen molar-refractivity contribution in [1.29, 1.82) is 0 Å². The maximum atomic E-state index is 10.3. The first-order valence-electron chi connectivity index (χ1n) is 4.32. The summed E-state index contributed by atoms with van der Waals surface area (Å²) in [6.45, 7) is 0. The van der Waals surface area contributed by atoms with E-state index in [4.69, 9.17) is 0 Å². The number of hydrogen-bond donors (Lipinski definition) is 0. The van der Waals surface area contributed by atoms with Crippen molar-refractivity contribution < 1.29 is 4.79 Å². The number of benzene rings is 1. The van der Waals surface area contributed by atoms with E-state index >= 15 is 0 Å². The molecule has 0 radical (unpaired) electrons. The molecule has 0 spiro atoms. The molecule has 2 aromatic rings. The van der Waals surface area contributed by atoms with Crippen molar-refractivity contribution in [2.75, 3.05) is 0 Å². The van der Waals surface area contributed by atoms with Gasteiger partial charge in [-0.1, -0.05) is 24.3 Å². The summed E-state index contributed by atoms with van der Waals surface area (Å²) < 4.78 is 0. The van der Waals surface area contributed by atoms with Gasteiger partial charge in [0.1, 0.15) is 11.3 Å². The molecule has 70 valence electrons. The minimum absolute atomic E-state index is 0.484. The van der Waals surface area contributed by atoms with E-state index in [9.17, 15) is 4.79 Å². The molecule has 0 fully saturated rings. The Hall–Kier alpha value is -1.48. The van der Waals surface area contributed by atoms with Crippen LogP contribution in [0.4, 0.5) is 0 Å². The van der Waals surface area contributed by atoms with Crippen LogP contribution < -0.4 is 0 Å². The van der Waals surface area contributed by atoms with E-state index < -0.39 is 0 Å². The van der Waals surface area contributed by atoms with E-state index in [0.717, 1.165) is 22.4 Å². The lowest BCUT2D eigenvalue weighted by molar-refractivity contribution is -0.107. The summed E-state index contributed by atoms with van der Waals surface area (Å²) >= 11 is 1.61. The molecular weight excluding hydrogens is 194 g/mol. The van der Waals surface area contributed by atoms with Gasteiger partial charge in [-0.2, -0.15) is 0 Å². The number of thiazole rings is 1. The van der Waals surface area contributed by atoms with Gasteiger partial charge in [0.05, 0.1) is 0 Å². The zero-order valence-electron chi connectivity index (χ0n) is 7.51. The number of aromatic nitrogens is 1. The van der Waals surface area contributed by atoms with Crippen LogP contribution in [0.15, 0.2) is 35.8 Å². The zero-order chi connectivity index (χ0) is 9.80. The monoisotopic (exact) mass is 203 g/mol. The molecule has 0 atom stereocenters. The number of rotatable bonds is 3. The topological polar surface area (TPSA) is 30.0 Å². The average Bonchev–Trinajstić information content (AvgIpc) is 2.72. The molecule has 0 aliphatic carbocycles. The molecule has 0 aliphatic heterocycles. The van der Waals surface area contributed by atoms with Gasteiger partial charge in [0.15, 0.2) is 0 Å². The van der Waals surface area contributed by atoms with Gasteiger partial charge in [0, 0.05) is 23.6 Å². The van der Waals surface area contributed by atoms with E-state index in [1.54, 1.807) is 17.5 Å². The number of aldehydes is 1. The largest absolute Gasteiger partial charge is 0.303 e. The first kappa shape index (κ1) is 9.09. The first-order chi connectivity index (χ1) is 6.90. The Bertz CT molecular complexity index is 405. The minimum Gasteiger partial charge on any atom is -0.303 e. The van der Waals surface area contributed by atoms with Crippen LogP contribution >= 0.6 is 11.3 Å². The van der Waals surface area contributed by atoms with Crippen molar-refractivity contribution in [3.8, 4) is 10.6 Å².